The van der Waals surface area contributed by atoms with Gasteiger partial charge in [0.15, 0.2) is 0 Å². The summed E-state index contributed by atoms with van der Waals surface area (Å²) < 4.78 is 12.3. The molecule has 0 spiro atoms. The molecule has 1 amide bonds. The Morgan fingerprint density at radius 1 is 1.27 bits per heavy atom. The highest BCUT2D eigenvalue weighted by Gasteiger charge is 2.33. The van der Waals surface area contributed by atoms with Crippen LogP contribution < -0.4 is 4.74 Å². The number of nitrogens with zero attached hydrogens (tertiary/aromatic N) is 2. The largest absolute Gasteiger partial charge is 0.494 e. The Hall–Kier alpha value is -2.52. The third-order valence-electron chi connectivity index (χ3n) is 4.93. The average Bonchev–Trinajstić information content (AvgIpc) is 2.69. The van der Waals surface area contributed by atoms with Crippen molar-refractivity contribution in [2.45, 2.75) is 51.7 Å². The van der Waals surface area contributed by atoms with Crippen molar-refractivity contribution in [3.8, 4) is 11.8 Å². The summed E-state index contributed by atoms with van der Waals surface area (Å²) in [5.41, 5.74) is 2.50. The van der Waals surface area contributed by atoms with E-state index in [2.05, 4.69) is 34.1 Å². The third kappa shape index (κ3) is 5.76. The molecule has 0 N–H and O–H groups in total. The van der Waals surface area contributed by atoms with Gasteiger partial charge in [-0.25, -0.2) is 4.79 Å². The van der Waals surface area contributed by atoms with Gasteiger partial charge in [-0.05, 0) is 69.4 Å². The average molecular weight is 471 g/mol. The maximum atomic E-state index is 12.8. The van der Waals surface area contributed by atoms with E-state index in [0.717, 1.165) is 23.7 Å². The molecule has 2 aromatic carbocycles. The number of fused-ring (bicyclic) bond motifs is 1. The second kappa shape index (κ2) is 9.53. The lowest BCUT2D eigenvalue weighted by molar-refractivity contribution is 0.0126. The number of halogens is 1. The van der Waals surface area contributed by atoms with Crippen LogP contribution in [-0.4, -0.2) is 29.7 Å². The Balaban J connectivity index is 1.68. The molecule has 0 aromatic heterocycles. The zero-order valence-corrected chi connectivity index (χ0v) is 19.2. The lowest BCUT2D eigenvalue weighted by Gasteiger charge is -2.38. The van der Waals surface area contributed by atoms with Crippen LogP contribution in [0.15, 0.2) is 46.9 Å². The highest BCUT2D eigenvalue weighted by Crippen LogP contribution is 2.34. The van der Waals surface area contributed by atoms with Crippen molar-refractivity contribution < 1.29 is 14.3 Å². The van der Waals surface area contributed by atoms with Crippen LogP contribution >= 0.6 is 15.9 Å². The SMILES string of the molecule is CC(C)(C)OC(=O)N1CCc2ccccc2C1CCCOc1cc(Br)cc(C#N)c1. The molecule has 2 aromatic rings. The molecule has 0 saturated heterocycles. The number of benzene rings is 2. The lowest BCUT2D eigenvalue weighted by Crippen LogP contribution is -2.43. The fourth-order valence-corrected chi connectivity index (χ4v) is 4.15. The normalized spacial score (nSPS) is 15.8. The minimum absolute atomic E-state index is 0.0365. The Labute approximate surface area is 186 Å². The van der Waals surface area contributed by atoms with E-state index in [1.54, 1.807) is 12.1 Å². The summed E-state index contributed by atoms with van der Waals surface area (Å²) in [5, 5.41) is 9.11. The summed E-state index contributed by atoms with van der Waals surface area (Å²) in [5.74, 6) is 0.661. The first-order chi connectivity index (χ1) is 14.3. The standard InChI is InChI=1S/C24H27BrN2O3/c1-24(2,3)30-23(28)27-11-10-18-7-4-5-8-21(18)22(27)9-6-12-29-20-14-17(16-26)13-19(25)15-20/h4-5,7-8,13-15,22H,6,9-12H2,1-3H3. The van der Waals surface area contributed by atoms with Crippen molar-refractivity contribution in [1.29, 1.82) is 5.26 Å². The van der Waals surface area contributed by atoms with Gasteiger partial charge in [-0.2, -0.15) is 5.26 Å². The van der Waals surface area contributed by atoms with Gasteiger partial charge in [-0.15, -0.1) is 0 Å². The number of carbonyl (C=O) groups is 1. The number of nitriles is 1. The Morgan fingerprint density at radius 3 is 2.77 bits per heavy atom. The molecular formula is C24H27BrN2O3. The van der Waals surface area contributed by atoms with Gasteiger partial charge in [0.1, 0.15) is 11.4 Å². The Bertz CT molecular complexity index is 946. The van der Waals surface area contributed by atoms with Gasteiger partial charge >= 0.3 is 6.09 Å². The first-order valence-corrected chi connectivity index (χ1v) is 11.0. The number of hydrogen-bond acceptors (Lipinski definition) is 4. The zero-order valence-electron chi connectivity index (χ0n) is 17.7. The highest BCUT2D eigenvalue weighted by atomic mass is 79.9. The second-order valence-electron chi connectivity index (χ2n) is 8.42. The number of ether oxygens (including phenoxy) is 2. The molecule has 30 heavy (non-hydrogen) atoms. The molecule has 0 saturated carbocycles. The molecule has 1 aliphatic rings. The fraction of sp³-hybridized carbons (Fsp3) is 0.417. The quantitative estimate of drug-likeness (QED) is 0.501. The van der Waals surface area contributed by atoms with Crippen LogP contribution in [-0.2, 0) is 11.2 Å². The molecule has 1 aliphatic heterocycles. The summed E-state index contributed by atoms with van der Waals surface area (Å²) in [6.07, 6.45) is 2.10. The van der Waals surface area contributed by atoms with Crippen molar-refractivity contribution in [2.75, 3.05) is 13.2 Å². The van der Waals surface area contributed by atoms with E-state index in [1.807, 2.05) is 43.9 Å². The van der Waals surface area contributed by atoms with Crippen LogP contribution in [0.25, 0.3) is 0 Å². The summed E-state index contributed by atoms with van der Waals surface area (Å²) in [7, 11) is 0. The monoisotopic (exact) mass is 470 g/mol. The van der Waals surface area contributed by atoms with E-state index in [0.29, 0.717) is 24.5 Å². The smallest absolute Gasteiger partial charge is 0.410 e. The van der Waals surface area contributed by atoms with Crippen molar-refractivity contribution in [3.63, 3.8) is 0 Å². The second-order valence-corrected chi connectivity index (χ2v) is 9.33. The van der Waals surface area contributed by atoms with Gasteiger partial charge < -0.3 is 14.4 Å². The summed E-state index contributed by atoms with van der Waals surface area (Å²) >= 11 is 3.40. The Kier molecular flexibility index (Phi) is 7.04. The van der Waals surface area contributed by atoms with Crippen LogP contribution in [0.3, 0.4) is 0 Å². The molecule has 0 radical (unpaired) electrons. The number of carbonyl (C=O) groups excluding carboxylic acids is 1. The first-order valence-electron chi connectivity index (χ1n) is 10.2. The molecule has 1 heterocycles. The maximum Gasteiger partial charge on any atom is 0.410 e. The fourth-order valence-electron chi connectivity index (χ4n) is 3.68. The van der Waals surface area contributed by atoms with Crippen molar-refractivity contribution in [3.05, 3.63) is 63.6 Å². The molecule has 1 atom stereocenters. The van der Waals surface area contributed by atoms with E-state index in [4.69, 9.17) is 14.7 Å². The highest BCUT2D eigenvalue weighted by molar-refractivity contribution is 9.10. The maximum absolute atomic E-state index is 12.8. The number of amides is 1. The van der Waals surface area contributed by atoms with Crippen LogP contribution in [0.4, 0.5) is 4.79 Å². The van der Waals surface area contributed by atoms with Crippen LogP contribution in [0.2, 0.25) is 0 Å². The van der Waals surface area contributed by atoms with Crippen molar-refractivity contribution in [1.82, 2.24) is 4.90 Å². The van der Waals surface area contributed by atoms with E-state index in [-0.39, 0.29) is 12.1 Å². The molecule has 0 bridgehead atoms. The Morgan fingerprint density at radius 2 is 2.03 bits per heavy atom. The van der Waals surface area contributed by atoms with Crippen LogP contribution in [0, 0.1) is 11.3 Å². The summed E-state index contributed by atoms with van der Waals surface area (Å²) in [4.78, 5) is 14.7. The van der Waals surface area contributed by atoms with Crippen LogP contribution in [0.1, 0.15) is 56.3 Å². The predicted molar refractivity (Wildman–Crippen MR) is 119 cm³/mol. The van der Waals surface area contributed by atoms with Gasteiger partial charge in [0.05, 0.1) is 24.3 Å². The van der Waals surface area contributed by atoms with Crippen molar-refractivity contribution in [2.24, 2.45) is 0 Å². The summed E-state index contributed by atoms with van der Waals surface area (Å²) in [6, 6.07) is 15.7. The molecule has 0 fully saturated rings. The van der Waals surface area contributed by atoms with E-state index < -0.39 is 5.60 Å². The molecule has 5 nitrogen and oxygen atoms in total. The van der Waals surface area contributed by atoms with Gasteiger partial charge in [0.2, 0.25) is 0 Å². The zero-order chi connectivity index (χ0) is 21.7. The van der Waals surface area contributed by atoms with Gasteiger partial charge in [0.25, 0.3) is 0 Å². The molecule has 0 aliphatic carbocycles. The third-order valence-corrected chi connectivity index (χ3v) is 5.39. The molecule has 3 rings (SSSR count). The molecular weight excluding hydrogens is 444 g/mol. The van der Waals surface area contributed by atoms with Gasteiger partial charge in [0, 0.05) is 11.0 Å². The summed E-state index contributed by atoms with van der Waals surface area (Å²) in [6.45, 7) is 6.81. The minimum Gasteiger partial charge on any atom is -0.494 e. The number of hydrogen-bond donors (Lipinski definition) is 0. The minimum atomic E-state index is -0.527. The van der Waals surface area contributed by atoms with E-state index in [9.17, 15) is 4.79 Å². The first kappa shape index (κ1) is 22.2. The molecule has 158 valence electrons. The van der Waals surface area contributed by atoms with Crippen LogP contribution in [0.5, 0.6) is 5.75 Å². The van der Waals surface area contributed by atoms with Crippen molar-refractivity contribution >= 4 is 22.0 Å². The van der Waals surface area contributed by atoms with Gasteiger partial charge in [-0.3, -0.25) is 0 Å². The lowest BCUT2D eigenvalue weighted by atomic mass is 9.90. The van der Waals surface area contributed by atoms with Gasteiger partial charge in [-0.1, -0.05) is 40.2 Å². The number of rotatable bonds is 5. The topological polar surface area (TPSA) is 62.6 Å². The molecule has 1 unspecified atom stereocenters. The molecule has 6 heteroatoms. The van der Waals surface area contributed by atoms with E-state index in [1.165, 1.54) is 11.1 Å². The van der Waals surface area contributed by atoms with E-state index >= 15 is 0 Å². The predicted octanol–water partition coefficient (Wildman–Crippen LogP) is 6.01.